The van der Waals surface area contributed by atoms with Gasteiger partial charge in [-0.15, -0.1) is 0 Å². The van der Waals surface area contributed by atoms with E-state index in [1.807, 2.05) is 66.7 Å². The van der Waals surface area contributed by atoms with Gasteiger partial charge in [-0.1, -0.05) is 78.9 Å². The third-order valence-corrected chi connectivity index (χ3v) is 4.79. The second-order valence-corrected chi connectivity index (χ2v) is 6.83. The van der Waals surface area contributed by atoms with Crippen LogP contribution in [0.3, 0.4) is 0 Å². The van der Waals surface area contributed by atoms with Crippen molar-refractivity contribution in [1.82, 2.24) is 9.78 Å². The lowest BCUT2D eigenvalue weighted by Crippen LogP contribution is -2.32. The molecule has 1 N–H and O–H groups in total. The highest BCUT2D eigenvalue weighted by molar-refractivity contribution is 5.99. The molecule has 0 aliphatic heterocycles. The Labute approximate surface area is 179 Å². The molecule has 0 bridgehead atoms. The number of ether oxygens (including phenoxy) is 1. The van der Waals surface area contributed by atoms with Crippen LogP contribution in [0.1, 0.15) is 10.4 Å². The zero-order chi connectivity index (χ0) is 21.6. The minimum atomic E-state index is -1.29. The molecule has 0 fully saturated rings. The second-order valence-electron chi connectivity index (χ2n) is 6.83. The van der Waals surface area contributed by atoms with Crippen molar-refractivity contribution >= 4 is 5.97 Å². The fourth-order valence-corrected chi connectivity index (χ4v) is 3.37. The molecule has 1 aromatic heterocycles. The van der Waals surface area contributed by atoms with Crippen molar-refractivity contribution in [2.24, 2.45) is 0 Å². The number of aromatic nitrogens is 2. The van der Waals surface area contributed by atoms with Gasteiger partial charge >= 0.3 is 5.97 Å². The van der Waals surface area contributed by atoms with Crippen LogP contribution in [0.2, 0.25) is 0 Å². The average Bonchev–Trinajstić information content (AvgIpc) is 2.81. The van der Waals surface area contributed by atoms with Crippen molar-refractivity contribution in [2.75, 3.05) is 6.61 Å². The zero-order valence-electron chi connectivity index (χ0n) is 16.6. The Morgan fingerprint density at radius 2 is 1.39 bits per heavy atom. The number of carbonyl (C=O) groups is 1. The Morgan fingerprint density at radius 1 is 0.839 bits per heavy atom. The first-order valence-electron chi connectivity index (χ1n) is 9.82. The molecule has 1 heterocycles. The normalized spacial score (nSPS) is 10.6. The molecule has 154 valence electrons. The van der Waals surface area contributed by atoms with Crippen molar-refractivity contribution in [3.63, 3.8) is 0 Å². The van der Waals surface area contributed by atoms with Gasteiger partial charge in [0.2, 0.25) is 0 Å². The van der Waals surface area contributed by atoms with E-state index in [0.717, 1.165) is 5.56 Å². The molecule has 31 heavy (non-hydrogen) atoms. The summed E-state index contributed by atoms with van der Waals surface area (Å²) in [6.45, 7) is 0.289. The lowest BCUT2D eigenvalue weighted by Gasteiger charge is -2.16. The molecular formula is C25H20N2O4. The summed E-state index contributed by atoms with van der Waals surface area (Å²) in [5, 5.41) is 14.5. The topological polar surface area (TPSA) is 81.4 Å². The predicted octanol–water partition coefficient (Wildman–Crippen LogP) is 4.35. The highest BCUT2D eigenvalue weighted by atomic mass is 16.5. The fourth-order valence-electron chi connectivity index (χ4n) is 3.37. The Bertz CT molecular complexity index is 1240. The van der Waals surface area contributed by atoms with Crippen LogP contribution in [0, 0.1) is 0 Å². The van der Waals surface area contributed by atoms with Crippen LogP contribution in [-0.4, -0.2) is 27.5 Å². The maximum Gasteiger partial charge on any atom is 0.342 e. The molecule has 4 rings (SSSR count). The molecule has 0 saturated carbocycles. The van der Waals surface area contributed by atoms with Crippen molar-refractivity contribution in [1.29, 1.82) is 0 Å². The Kier molecular flexibility index (Phi) is 5.89. The molecule has 6 heteroatoms. The van der Waals surface area contributed by atoms with Gasteiger partial charge < -0.3 is 9.84 Å². The number of para-hydroxylation sites is 1. The van der Waals surface area contributed by atoms with E-state index >= 15 is 0 Å². The van der Waals surface area contributed by atoms with E-state index in [1.165, 1.54) is 4.68 Å². The summed E-state index contributed by atoms with van der Waals surface area (Å²) >= 11 is 0. The molecule has 0 aliphatic carbocycles. The molecule has 0 atom stereocenters. The van der Waals surface area contributed by atoms with Crippen LogP contribution in [-0.2, 0) is 6.54 Å². The molecule has 3 aromatic carbocycles. The van der Waals surface area contributed by atoms with Crippen LogP contribution < -0.4 is 10.3 Å². The third kappa shape index (κ3) is 4.38. The zero-order valence-corrected chi connectivity index (χ0v) is 16.6. The van der Waals surface area contributed by atoms with E-state index in [1.54, 1.807) is 24.3 Å². The standard InChI is InChI=1S/C25H20N2O4/c28-24-22(25(29)30)21(18-10-4-1-5-11-18)23(19-12-6-2-7-13-19)26-27(24)16-17-31-20-14-8-3-9-15-20/h1-15H,16-17H2,(H,29,30). The van der Waals surface area contributed by atoms with Gasteiger partial charge in [-0.05, 0) is 17.7 Å². The molecule has 0 aliphatic rings. The minimum absolute atomic E-state index is 0.114. The van der Waals surface area contributed by atoms with Gasteiger partial charge in [0.15, 0.2) is 0 Å². The quantitative estimate of drug-likeness (QED) is 0.488. The minimum Gasteiger partial charge on any atom is -0.492 e. The summed E-state index contributed by atoms with van der Waals surface area (Å²) < 4.78 is 6.85. The first-order chi connectivity index (χ1) is 15.1. The van der Waals surface area contributed by atoms with Gasteiger partial charge in [-0.2, -0.15) is 5.10 Å². The van der Waals surface area contributed by atoms with Gasteiger partial charge in [0.1, 0.15) is 17.9 Å². The van der Waals surface area contributed by atoms with Gasteiger partial charge in [0.05, 0.1) is 12.2 Å². The molecule has 0 unspecified atom stereocenters. The molecule has 0 amide bonds. The highest BCUT2D eigenvalue weighted by Crippen LogP contribution is 2.31. The molecule has 0 saturated heterocycles. The largest absolute Gasteiger partial charge is 0.492 e. The van der Waals surface area contributed by atoms with Crippen molar-refractivity contribution in [2.45, 2.75) is 6.54 Å². The summed E-state index contributed by atoms with van der Waals surface area (Å²) in [6, 6.07) is 27.4. The summed E-state index contributed by atoms with van der Waals surface area (Å²) in [4.78, 5) is 25.3. The number of carboxylic acid groups (broad SMARTS) is 1. The van der Waals surface area contributed by atoms with E-state index < -0.39 is 11.5 Å². The number of rotatable bonds is 7. The van der Waals surface area contributed by atoms with E-state index in [-0.39, 0.29) is 18.7 Å². The second kappa shape index (κ2) is 9.09. The molecule has 0 radical (unpaired) electrons. The third-order valence-electron chi connectivity index (χ3n) is 4.79. The maximum absolute atomic E-state index is 13.1. The lowest BCUT2D eigenvalue weighted by molar-refractivity contribution is 0.0694. The number of carboxylic acids is 1. The van der Waals surface area contributed by atoms with Crippen molar-refractivity contribution in [3.8, 4) is 28.1 Å². The smallest absolute Gasteiger partial charge is 0.342 e. The van der Waals surface area contributed by atoms with Gasteiger partial charge in [-0.25, -0.2) is 9.48 Å². The maximum atomic E-state index is 13.1. The Hall–Kier alpha value is -4.19. The first-order valence-corrected chi connectivity index (χ1v) is 9.82. The van der Waals surface area contributed by atoms with E-state index in [4.69, 9.17) is 4.74 Å². The molecule has 6 nitrogen and oxygen atoms in total. The number of hydrogen-bond acceptors (Lipinski definition) is 4. The average molecular weight is 412 g/mol. The number of aromatic carboxylic acids is 1. The lowest BCUT2D eigenvalue weighted by atomic mass is 9.95. The SMILES string of the molecule is O=C(O)c1c(-c2ccccc2)c(-c2ccccc2)nn(CCOc2ccccc2)c1=O. The molecule has 4 aromatic rings. The van der Waals surface area contributed by atoms with Crippen LogP contribution in [0.25, 0.3) is 22.4 Å². The predicted molar refractivity (Wildman–Crippen MR) is 118 cm³/mol. The highest BCUT2D eigenvalue weighted by Gasteiger charge is 2.24. The molecule has 0 spiro atoms. The monoisotopic (exact) mass is 412 g/mol. The van der Waals surface area contributed by atoms with Crippen LogP contribution in [0.4, 0.5) is 0 Å². The number of nitrogens with zero attached hydrogens (tertiary/aromatic N) is 2. The fraction of sp³-hybridized carbons (Fsp3) is 0.0800. The summed E-state index contributed by atoms with van der Waals surface area (Å²) in [5.41, 5.74) is 1.12. The number of hydrogen-bond donors (Lipinski definition) is 1. The Balaban J connectivity index is 1.83. The van der Waals surface area contributed by atoms with Crippen molar-refractivity contribution in [3.05, 3.63) is 107 Å². The number of benzene rings is 3. The molecular weight excluding hydrogens is 392 g/mol. The van der Waals surface area contributed by atoms with Gasteiger partial charge in [-0.3, -0.25) is 4.79 Å². The summed E-state index contributed by atoms with van der Waals surface area (Å²) in [6.07, 6.45) is 0. The Morgan fingerprint density at radius 3 is 1.97 bits per heavy atom. The van der Waals surface area contributed by atoms with Crippen molar-refractivity contribution < 1.29 is 14.6 Å². The van der Waals surface area contributed by atoms with E-state index in [2.05, 4.69) is 5.10 Å². The summed E-state index contributed by atoms with van der Waals surface area (Å²) in [5.74, 6) is -0.626. The van der Waals surface area contributed by atoms with Crippen LogP contribution in [0.15, 0.2) is 95.8 Å². The van der Waals surface area contributed by atoms with E-state index in [0.29, 0.717) is 22.6 Å². The van der Waals surface area contributed by atoms with E-state index in [9.17, 15) is 14.7 Å². The van der Waals surface area contributed by atoms with Gasteiger partial charge in [0, 0.05) is 11.1 Å². The van der Waals surface area contributed by atoms with Crippen LogP contribution in [0.5, 0.6) is 5.75 Å². The summed E-state index contributed by atoms with van der Waals surface area (Å²) in [7, 11) is 0. The van der Waals surface area contributed by atoms with Crippen LogP contribution >= 0.6 is 0 Å². The first kappa shape index (κ1) is 20.1. The van der Waals surface area contributed by atoms with Gasteiger partial charge in [0.25, 0.3) is 5.56 Å².